The highest BCUT2D eigenvalue weighted by Gasteiger charge is 2.44. The first-order valence-electron chi connectivity index (χ1n) is 12.5. The second-order valence-corrected chi connectivity index (χ2v) is 9.61. The molecule has 0 spiro atoms. The number of hydrogen-bond donors (Lipinski definition) is 3. The Morgan fingerprint density at radius 1 is 0.824 bits per heavy atom. The van der Waals surface area contributed by atoms with Crippen LogP contribution >= 0.6 is 0 Å². The van der Waals surface area contributed by atoms with E-state index in [1.807, 2.05) is 18.2 Å². The smallest absolute Gasteiger partial charge is 0.115 e. The molecule has 0 radical (unpaired) electrons. The monoisotopic (exact) mass is 454 g/mol. The summed E-state index contributed by atoms with van der Waals surface area (Å²) in [5.41, 5.74) is 6.83. The predicted molar refractivity (Wildman–Crippen MR) is 140 cm³/mol. The number of benzene rings is 3. The van der Waals surface area contributed by atoms with Crippen molar-refractivity contribution in [2.24, 2.45) is 11.8 Å². The quantitative estimate of drug-likeness (QED) is 0.355. The number of aliphatic hydroxyl groups excluding tert-OH is 1. The highest BCUT2D eigenvalue weighted by atomic mass is 16.3. The number of phenolic OH excluding ortho intramolecular Hbond substituents is 1. The van der Waals surface area contributed by atoms with Crippen LogP contribution in [0.2, 0.25) is 0 Å². The molecule has 4 nitrogen and oxygen atoms in total. The number of rotatable bonds is 10. The molecule has 2 atom stereocenters. The van der Waals surface area contributed by atoms with Gasteiger partial charge in [0.2, 0.25) is 0 Å². The van der Waals surface area contributed by atoms with Gasteiger partial charge >= 0.3 is 0 Å². The van der Waals surface area contributed by atoms with Crippen LogP contribution in [0.5, 0.6) is 5.75 Å². The minimum atomic E-state index is 0.153. The summed E-state index contributed by atoms with van der Waals surface area (Å²) in [4.78, 5) is 2.58. The van der Waals surface area contributed by atoms with E-state index in [1.165, 1.54) is 25.1 Å². The van der Waals surface area contributed by atoms with Gasteiger partial charge in [0.25, 0.3) is 0 Å². The molecule has 1 heterocycles. The molecule has 3 N–H and O–H groups in total. The first-order valence-corrected chi connectivity index (χ1v) is 12.5. The first-order chi connectivity index (χ1) is 16.7. The summed E-state index contributed by atoms with van der Waals surface area (Å²) in [6.07, 6.45) is 2.92. The fourth-order valence-corrected chi connectivity index (χ4v) is 5.24. The minimum Gasteiger partial charge on any atom is -0.508 e. The number of fused-ring (bicyclic) bond motifs is 1. The second kappa shape index (κ2) is 10.5. The average molecular weight is 455 g/mol. The van der Waals surface area contributed by atoms with Crippen molar-refractivity contribution in [2.45, 2.75) is 19.3 Å². The highest BCUT2D eigenvalue weighted by molar-refractivity contribution is 5.98. The van der Waals surface area contributed by atoms with Gasteiger partial charge in [-0.3, -0.25) is 0 Å². The van der Waals surface area contributed by atoms with Gasteiger partial charge in [0.15, 0.2) is 0 Å². The number of phenols is 1. The van der Waals surface area contributed by atoms with Crippen LogP contribution in [0.4, 0.5) is 5.69 Å². The number of aliphatic hydroxyl groups is 1. The fourth-order valence-electron chi connectivity index (χ4n) is 5.24. The molecule has 2 unspecified atom stereocenters. The number of anilines is 1. The van der Waals surface area contributed by atoms with Gasteiger partial charge in [-0.1, -0.05) is 54.6 Å². The third-order valence-electron chi connectivity index (χ3n) is 7.15. The third-order valence-corrected chi connectivity index (χ3v) is 7.15. The molecule has 1 aliphatic heterocycles. The summed E-state index contributed by atoms with van der Waals surface area (Å²) in [6.45, 7) is 4.78. The Kier molecular flexibility index (Phi) is 6.98. The molecular weight excluding hydrogens is 420 g/mol. The van der Waals surface area contributed by atoms with Gasteiger partial charge < -0.3 is 20.4 Å². The number of hydrogen-bond acceptors (Lipinski definition) is 4. The fraction of sp³-hybridized carbons (Fsp3) is 0.333. The van der Waals surface area contributed by atoms with E-state index in [0.717, 1.165) is 59.3 Å². The molecule has 1 saturated heterocycles. The van der Waals surface area contributed by atoms with Gasteiger partial charge in [0, 0.05) is 38.5 Å². The molecule has 34 heavy (non-hydrogen) atoms. The lowest BCUT2D eigenvalue weighted by Crippen LogP contribution is -2.28. The number of aromatic hydroxyl groups is 1. The minimum absolute atomic E-state index is 0.153. The standard InChI is InChI=1S/C30H34N2O2/c33-18-4-7-29(22-5-2-1-3-6-22)30(24-10-14-28(34)15-11-24)23-8-12-27(13-9-23)31-16-17-32-20-25-19-26(25)21-32/h1-3,5-6,8-15,25-26,31,33-34H,4,7,16-21H2/b30-29+. The summed E-state index contributed by atoms with van der Waals surface area (Å²) in [5, 5.41) is 23.0. The molecule has 3 aromatic carbocycles. The maximum absolute atomic E-state index is 9.86. The van der Waals surface area contributed by atoms with Crippen LogP contribution in [0.15, 0.2) is 78.9 Å². The zero-order valence-corrected chi connectivity index (χ0v) is 19.7. The van der Waals surface area contributed by atoms with Gasteiger partial charge in [0.1, 0.15) is 5.75 Å². The molecule has 176 valence electrons. The summed E-state index contributed by atoms with van der Waals surface area (Å²) >= 11 is 0. The largest absolute Gasteiger partial charge is 0.508 e. The zero-order valence-electron chi connectivity index (χ0n) is 19.7. The Balaban J connectivity index is 1.41. The van der Waals surface area contributed by atoms with Crippen molar-refractivity contribution in [3.05, 3.63) is 95.6 Å². The molecular formula is C30H34N2O2. The van der Waals surface area contributed by atoms with Crippen molar-refractivity contribution in [1.82, 2.24) is 4.90 Å². The van der Waals surface area contributed by atoms with Gasteiger partial charge in [-0.15, -0.1) is 0 Å². The van der Waals surface area contributed by atoms with E-state index in [1.54, 1.807) is 12.1 Å². The second-order valence-electron chi connectivity index (χ2n) is 9.61. The molecule has 2 aliphatic rings. The molecule has 2 fully saturated rings. The van der Waals surface area contributed by atoms with Crippen molar-refractivity contribution in [1.29, 1.82) is 0 Å². The highest BCUT2D eigenvalue weighted by Crippen LogP contribution is 2.44. The number of allylic oxidation sites excluding steroid dienone is 1. The number of piperidine rings is 1. The molecule has 3 aromatic rings. The van der Waals surface area contributed by atoms with Crippen LogP contribution in [0, 0.1) is 11.8 Å². The first kappa shape index (κ1) is 22.7. The van der Waals surface area contributed by atoms with E-state index in [2.05, 4.69) is 58.7 Å². The normalized spacial score (nSPS) is 20.0. The number of nitrogens with zero attached hydrogens (tertiary/aromatic N) is 1. The van der Waals surface area contributed by atoms with Gasteiger partial charge in [0.05, 0.1) is 0 Å². The molecule has 0 aromatic heterocycles. The predicted octanol–water partition coefficient (Wildman–Crippen LogP) is 5.49. The Morgan fingerprint density at radius 2 is 1.47 bits per heavy atom. The molecule has 1 saturated carbocycles. The summed E-state index contributed by atoms with van der Waals surface area (Å²) in [6, 6.07) is 26.5. The van der Waals surface area contributed by atoms with Crippen molar-refractivity contribution in [2.75, 3.05) is 38.1 Å². The van der Waals surface area contributed by atoms with Crippen LogP contribution in [0.1, 0.15) is 36.0 Å². The Hall–Kier alpha value is -3.08. The van der Waals surface area contributed by atoms with E-state index in [-0.39, 0.29) is 12.4 Å². The molecule has 5 rings (SSSR count). The van der Waals surface area contributed by atoms with Gasteiger partial charge in [-0.05, 0) is 83.2 Å². The molecule has 0 bridgehead atoms. The topological polar surface area (TPSA) is 55.7 Å². The molecule has 0 amide bonds. The summed E-state index contributed by atoms with van der Waals surface area (Å²) in [5.74, 6) is 2.22. The number of nitrogens with one attached hydrogen (secondary N) is 1. The average Bonchev–Trinajstić information content (AvgIpc) is 3.49. The van der Waals surface area contributed by atoms with Crippen LogP contribution in [-0.2, 0) is 0 Å². The SMILES string of the molecule is OCCC/C(=C(\c1ccc(O)cc1)c1ccc(NCCN2CC3CC3C2)cc1)c1ccccc1. The Labute approximate surface area is 202 Å². The van der Waals surface area contributed by atoms with E-state index >= 15 is 0 Å². The van der Waals surface area contributed by atoms with E-state index in [9.17, 15) is 10.2 Å². The van der Waals surface area contributed by atoms with Crippen molar-refractivity contribution in [3.63, 3.8) is 0 Å². The molecule has 1 aliphatic carbocycles. The zero-order chi connectivity index (χ0) is 23.3. The van der Waals surface area contributed by atoms with Crippen molar-refractivity contribution < 1.29 is 10.2 Å². The van der Waals surface area contributed by atoms with Crippen LogP contribution in [-0.4, -0.2) is 47.9 Å². The van der Waals surface area contributed by atoms with Crippen LogP contribution in [0.3, 0.4) is 0 Å². The van der Waals surface area contributed by atoms with Crippen LogP contribution < -0.4 is 5.32 Å². The summed E-state index contributed by atoms with van der Waals surface area (Å²) < 4.78 is 0. The lowest BCUT2D eigenvalue weighted by Gasteiger charge is -2.19. The van der Waals surface area contributed by atoms with Crippen molar-refractivity contribution in [3.8, 4) is 5.75 Å². The van der Waals surface area contributed by atoms with Crippen LogP contribution in [0.25, 0.3) is 11.1 Å². The maximum atomic E-state index is 9.86. The van der Waals surface area contributed by atoms with E-state index < -0.39 is 0 Å². The van der Waals surface area contributed by atoms with Gasteiger partial charge in [-0.2, -0.15) is 0 Å². The molecule has 4 heteroatoms. The third kappa shape index (κ3) is 5.35. The lowest BCUT2D eigenvalue weighted by molar-refractivity contribution is 0.290. The maximum Gasteiger partial charge on any atom is 0.115 e. The Morgan fingerprint density at radius 3 is 2.12 bits per heavy atom. The van der Waals surface area contributed by atoms with Gasteiger partial charge in [-0.25, -0.2) is 0 Å². The van der Waals surface area contributed by atoms with E-state index in [4.69, 9.17) is 0 Å². The lowest BCUT2D eigenvalue weighted by atomic mass is 9.87. The van der Waals surface area contributed by atoms with E-state index in [0.29, 0.717) is 6.42 Å². The summed E-state index contributed by atoms with van der Waals surface area (Å²) in [7, 11) is 0. The number of likely N-dealkylation sites (tertiary alicyclic amines) is 1. The Bertz CT molecular complexity index is 1100. The van der Waals surface area contributed by atoms with Crippen molar-refractivity contribution >= 4 is 16.8 Å².